The van der Waals surface area contributed by atoms with Crippen molar-refractivity contribution in [1.82, 2.24) is 14.5 Å². The van der Waals surface area contributed by atoms with Crippen molar-refractivity contribution in [1.29, 1.82) is 0 Å². The Labute approximate surface area is 268 Å². The van der Waals surface area contributed by atoms with Crippen molar-refractivity contribution >= 4 is 74.9 Å². The molecule has 0 aliphatic carbocycles. The fourth-order valence-electron chi connectivity index (χ4n) is 7.19. The van der Waals surface area contributed by atoms with Crippen LogP contribution in [0.2, 0.25) is 0 Å². The van der Waals surface area contributed by atoms with Crippen LogP contribution in [0.1, 0.15) is 0 Å². The van der Waals surface area contributed by atoms with Crippen LogP contribution in [0.5, 0.6) is 0 Å². The molecule has 3 heterocycles. The zero-order valence-corrected chi connectivity index (χ0v) is 25.5. The monoisotopic (exact) mass is 603 g/mol. The van der Waals surface area contributed by atoms with Crippen LogP contribution in [0.25, 0.3) is 92.0 Å². The summed E-state index contributed by atoms with van der Waals surface area (Å²) < 4.78 is 5.00. The van der Waals surface area contributed by atoms with E-state index in [1.165, 1.54) is 58.0 Å². The van der Waals surface area contributed by atoms with E-state index in [0.29, 0.717) is 5.82 Å². The van der Waals surface area contributed by atoms with Crippen LogP contribution in [0.3, 0.4) is 0 Å². The second kappa shape index (κ2) is 9.83. The largest absolute Gasteiger partial charge is 0.293 e. The van der Waals surface area contributed by atoms with E-state index in [1.807, 2.05) is 35.6 Å². The molecule has 0 aliphatic heterocycles. The first-order valence-corrected chi connectivity index (χ1v) is 16.3. The molecule has 10 rings (SSSR count). The summed E-state index contributed by atoms with van der Waals surface area (Å²) in [6, 6.07) is 53.9. The van der Waals surface area contributed by atoms with Gasteiger partial charge < -0.3 is 0 Å². The van der Waals surface area contributed by atoms with E-state index in [1.54, 1.807) is 0 Å². The fourth-order valence-corrected chi connectivity index (χ4v) is 8.45. The lowest BCUT2D eigenvalue weighted by Crippen LogP contribution is -2.03. The van der Waals surface area contributed by atoms with Crippen LogP contribution < -0.4 is 0 Å². The van der Waals surface area contributed by atoms with Gasteiger partial charge in [0.15, 0.2) is 5.82 Å². The van der Waals surface area contributed by atoms with E-state index in [-0.39, 0.29) is 0 Å². The minimum absolute atomic E-state index is 0.708. The number of nitrogens with zero attached hydrogens (tertiary/aromatic N) is 3. The Morgan fingerprint density at radius 2 is 1.07 bits per heavy atom. The number of benzene rings is 7. The topological polar surface area (TPSA) is 30.7 Å². The molecule has 3 nitrogen and oxygen atoms in total. The Morgan fingerprint density at radius 1 is 0.457 bits per heavy atom. The van der Waals surface area contributed by atoms with E-state index in [4.69, 9.17) is 9.97 Å². The molecule has 0 aliphatic rings. The van der Waals surface area contributed by atoms with Gasteiger partial charge in [0.25, 0.3) is 0 Å². The van der Waals surface area contributed by atoms with E-state index in [9.17, 15) is 0 Å². The van der Waals surface area contributed by atoms with Gasteiger partial charge in [-0.25, -0.2) is 9.97 Å². The van der Waals surface area contributed by atoms with Crippen molar-refractivity contribution in [2.24, 2.45) is 0 Å². The molecular formula is C42H25N3S. The molecule has 0 spiro atoms. The van der Waals surface area contributed by atoms with Gasteiger partial charge in [-0.05, 0) is 28.3 Å². The zero-order chi connectivity index (χ0) is 30.2. The standard InChI is InChI=1S/C42H25N3S/c1-3-13-26(14-4-1)34-25-37(44-42(43-34)27-15-5-2-6-16-27)45-35-24-23-33-30-19-11-12-22-36(30)46-41(33)39(35)38-31-20-9-7-17-28(31)29-18-8-10-21-32(29)40(38)45/h1-25H. The van der Waals surface area contributed by atoms with Crippen molar-refractivity contribution in [3.63, 3.8) is 0 Å². The highest BCUT2D eigenvalue weighted by atomic mass is 32.1. The van der Waals surface area contributed by atoms with Crippen LogP contribution in [-0.4, -0.2) is 14.5 Å². The maximum Gasteiger partial charge on any atom is 0.162 e. The summed E-state index contributed by atoms with van der Waals surface area (Å²) in [7, 11) is 0. The molecule has 0 radical (unpaired) electrons. The average molecular weight is 604 g/mol. The van der Waals surface area contributed by atoms with E-state index in [0.717, 1.165) is 28.2 Å². The van der Waals surface area contributed by atoms with E-state index >= 15 is 0 Å². The van der Waals surface area contributed by atoms with Gasteiger partial charge in [-0.2, -0.15) is 0 Å². The lowest BCUT2D eigenvalue weighted by atomic mass is 9.96. The van der Waals surface area contributed by atoms with Gasteiger partial charge in [-0.15, -0.1) is 11.3 Å². The van der Waals surface area contributed by atoms with E-state index in [2.05, 4.69) is 132 Å². The molecule has 0 N–H and O–H groups in total. The lowest BCUT2D eigenvalue weighted by molar-refractivity contribution is 1.05. The van der Waals surface area contributed by atoms with Gasteiger partial charge in [0.1, 0.15) is 5.82 Å². The quantitative estimate of drug-likeness (QED) is 0.188. The number of fused-ring (bicyclic) bond motifs is 12. The average Bonchev–Trinajstić information content (AvgIpc) is 3.69. The maximum absolute atomic E-state index is 5.34. The lowest BCUT2D eigenvalue weighted by Gasteiger charge is -2.14. The van der Waals surface area contributed by atoms with Gasteiger partial charge in [-0.3, -0.25) is 4.57 Å². The number of thiophene rings is 1. The minimum Gasteiger partial charge on any atom is -0.293 e. The van der Waals surface area contributed by atoms with Crippen molar-refractivity contribution in [2.75, 3.05) is 0 Å². The highest BCUT2D eigenvalue weighted by Gasteiger charge is 2.23. The molecule has 46 heavy (non-hydrogen) atoms. The maximum atomic E-state index is 5.34. The summed E-state index contributed by atoms with van der Waals surface area (Å²) in [5.41, 5.74) is 5.27. The number of hydrogen-bond donors (Lipinski definition) is 0. The van der Waals surface area contributed by atoms with Crippen molar-refractivity contribution < 1.29 is 0 Å². The van der Waals surface area contributed by atoms with Gasteiger partial charge in [-0.1, -0.05) is 133 Å². The van der Waals surface area contributed by atoms with Crippen molar-refractivity contribution in [2.45, 2.75) is 0 Å². The summed E-state index contributed by atoms with van der Waals surface area (Å²) in [4.78, 5) is 10.4. The van der Waals surface area contributed by atoms with Gasteiger partial charge in [0.05, 0.1) is 16.7 Å². The molecular weight excluding hydrogens is 579 g/mol. The number of hydrogen-bond acceptors (Lipinski definition) is 3. The van der Waals surface area contributed by atoms with Crippen LogP contribution >= 0.6 is 11.3 Å². The van der Waals surface area contributed by atoms with Crippen LogP contribution in [0.15, 0.2) is 152 Å². The predicted octanol–water partition coefficient (Wildman–Crippen LogP) is 11.6. The smallest absolute Gasteiger partial charge is 0.162 e. The van der Waals surface area contributed by atoms with Crippen LogP contribution in [0, 0.1) is 0 Å². The second-order valence-electron chi connectivity index (χ2n) is 11.8. The Balaban J connectivity index is 1.45. The molecule has 0 atom stereocenters. The van der Waals surface area contributed by atoms with Gasteiger partial charge >= 0.3 is 0 Å². The molecule has 7 aromatic carbocycles. The third-order valence-electron chi connectivity index (χ3n) is 9.19. The molecule has 0 bridgehead atoms. The number of rotatable bonds is 3. The molecule has 3 aromatic heterocycles. The SMILES string of the molecule is c1ccc(-c2cc(-n3c4ccc5c6ccccc6sc5c4c4c5ccccc5c5ccccc5c43)nc(-c3ccccc3)n2)cc1. The van der Waals surface area contributed by atoms with E-state index < -0.39 is 0 Å². The number of aromatic nitrogens is 3. The molecule has 0 unspecified atom stereocenters. The summed E-state index contributed by atoms with van der Waals surface area (Å²) in [6.45, 7) is 0. The molecule has 4 heteroatoms. The Kier molecular flexibility index (Phi) is 5.45. The Bertz CT molecular complexity index is 2740. The normalized spacial score (nSPS) is 11.9. The van der Waals surface area contributed by atoms with Crippen molar-refractivity contribution in [3.05, 3.63) is 152 Å². The third kappa shape index (κ3) is 3.65. The molecule has 0 saturated carbocycles. The first-order valence-electron chi connectivity index (χ1n) is 15.5. The van der Waals surface area contributed by atoms with Crippen LogP contribution in [-0.2, 0) is 0 Å². The molecule has 0 fully saturated rings. The summed E-state index contributed by atoms with van der Waals surface area (Å²) in [5, 5.41) is 10.1. The highest BCUT2D eigenvalue weighted by molar-refractivity contribution is 7.26. The Morgan fingerprint density at radius 3 is 1.83 bits per heavy atom. The second-order valence-corrected chi connectivity index (χ2v) is 12.8. The molecule has 0 saturated heterocycles. The molecule has 0 amide bonds. The zero-order valence-electron chi connectivity index (χ0n) is 24.7. The summed E-state index contributed by atoms with van der Waals surface area (Å²) >= 11 is 1.88. The minimum atomic E-state index is 0.708. The summed E-state index contributed by atoms with van der Waals surface area (Å²) in [5.74, 6) is 1.56. The third-order valence-corrected chi connectivity index (χ3v) is 10.4. The first-order chi connectivity index (χ1) is 22.8. The fraction of sp³-hybridized carbons (Fsp3) is 0. The first kappa shape index (κ1) is 25.5. The molecule has 214 valence electrons. The van der Waals surface area contributed by atoms with Crippen molar-refractivity contribution in [3.8, 4) is 28.5 Å². The summed E-state index contributed by atoms with van der Waals surface area (Å²) in [6.07, 6.45) is 0. The van der Waals surface area contributed by atoms with Crippen LogP contribution in [0.4, 0.5) is 0 Å². The molecule has 10 aromatic rings. The van der Waals surface area contributed by atoms with Gasteiger partial charge in [0, 0.05) is 53.5 Å². The predicted molar refractivity (Wildman–Crippen MR) is 195 cm³/mol. The Hall–Kier alpha value is -5.84. The van der Waals surface area contributed by atoms with Gasteiger partial charge in [0.2, 0.25) is 0 Å². The highest BCUT2D eigenvalue weighted by Crippen LogP contribution is 2.47.